The molecule has 0 atom stereocenters. The van der Waals surface area contributed by atoms with Gasteiger partial charge in [0.05, 0.1) is 0 Å². The first-order valence-electron chi connectivity index (χ1n) is 4.29. The SMILES string of the molecule is O=Cc1cccc(O)c1C=CCCBr. The molecule has 74 valence electrons. The molecule has 0 fully saturated rings. The number of hydrogen-bond donors (Lipinski definition) is 1. The van der Waals surface area contributed by atoms with Crippen molar-refractivity contribution < 1.29 is 9.90 Å². The fourth-order valence-electron chi connectivity index (χ4n) is 1.12. The molecule has 3 heteroatoms. The molecule has 0 radical (unpaired) electrons. The predicted octanol–water partition coefficient (Wildman–Crippen LogP) is 3.00. The lowest BCUT2D eigenvalue weighted by atomic mass is 10.1. The highest BCUT2D eigenvalue weighted by molar-refractivity contribution is 9.09. The summed E-state index contributed by atoms with van der Waals surface area (Å²) in [7, 11) is 0. The Morgan fingerprint density at radius 1 is 1.43 bits per heavy atom. The van der Waals surface area contributed by atoms with E-state index in [2.05, 4.69) is 15.9 Å². The molecule has 1 rings (SSSR count). The van der Waals surface area contributed by atoms with Crippen molar-refractivity contribution in [3.05, 3.63) is 35.4 Å². The lowest BCUT2D eigenvalue weighted by Gasteiger charge is -2.01. The smallest absolute Gasteiger partial charge is 0.150 e. The van der Waals surface area contributed by atoms with Gasteiger partial charge in [-0.2, -0.15) is 0 Å². The van der Waals surface area contributed by atoms with Gasteiger partial charge in [-0.15, -0.1) is 0 Å². The number of hydrogen-bond acceptors (Lipinski definition) is 2. The van der Waals surface area contributed by atoms with Gasteiger partial charge >= 0.3 is 0 Å². The molecular weight excluding hydrogens is 244 g/mol. The van der Waals surface area contributed by atoms with Crippen LogP contribution in [0.4, 0.5) is 0 Å². The van der Waals surface area contributed by atoms with Gasteiger partial charge < -0.3 is 5.11 Å². The zero-order valence-electron chi connectivity index (χ0n) is 7.61. The standard InChI is InChI=1S/C11H11BrO2/c12-7-2-1-5-10-9(8-13)4-3-6-11(10)14/h1,3-6,8,14H,2,7H2. The molecule has 1 aromatic rings. The average molecular weight is 255 g/mol. The number of benzene rings is 1. The number of carbonyl (C=O) groups excluding carboxylic acids is 1. The maximum Gasteiger partial charge on any atom is 0.150 e. The van der Waals surface area contributed by atoms with Crippen LogP contribution >= 0.6 is 15.9 Å². The van der Waals surface area contributed by atoms with Crippen LogP contribution in [0.2, 0.25) is 0 Å². The van der Waals surface area contributed by atoms with E-state index in [0.29, 0.717) is 11.1 Å². The Balaban J connectivity index is 2.98. The maximum absolute atomic E-state index is 10.7. The summed E-state index contributed by atoms with van der Waals surface area (Å²) >= 11 is 3.29. The molecule has 0 aliphatic carbocycles. The molecule has 1 aromatic carbocycles. The first-order chi connectivity index (χ1) is 6.79. The first-order valence-corrected chi connectivity index (χ1v) is 5.41. The monoisotopic (exact) mass is 254 g/mol. The average Bonchev–Trinajstić information content (AvgIpc) is 2.20. The van der Waals surface area contributed by atoms with Crippen molar-refractivity contribution in [1.82, 2.24) is 0 Å². The predicted molar refractivity (Wildman–Crippen MR) is 60.9 cm³/mol. The van der Waals surface area contributed by atoms with Crippen LogP contribution in [-0.4, -0.2) is 16.7 Å². The minimum absolute atomic E-state index is 0.139. The number of halogens is 1. The van der Waals surface area contributed by atoms with Crippen LogP contribution < -0.4 is 0 Å². The van der Waals surface area contributed by atoms with Crippen LogP contribution in [0.5, 0.6) is 5.75 Å². The topological polar surface area (TPSA) is 37.3 Å². The Kier molecular flexibility index (Phi) is 4.40. The first kappa shape index (κ1) is 11.0. The highest BCUT2D eigenvalue weighted by Crippen LogP contribution is 2.21. The lowest BCUT2D eigenvalue weighted by molar-refractivity contribution is 0.112. The van der Waals surface area contributed by atoms with Gasteiger partial charge in [0, 0.05) is 16.5 Å². The van der Waals surface area contributed by atoms with Crippen molar-refractivity contribution in [2.24, 2.45) is 0 Å². The number of aromatic hydroxyl groups is 1. The fourth-order valence-corrected chi connectivity index (χ4v) is 1.38. The second kappa shape index (κ2) is 5.60. The van der Waals surface area contributed by atoms with Gasteiger partial charge in [-0.25, -0.2) is 0 Å². The van der Waals surface area contributed by atoms with Crippen molar-refractivity contribution in [3.8, 4) is 5.75 Å². The van der Waals surface area contributed by atoms with E-state index in [1.807, 2.05) is 6.08 Å². The van der Waals surface area contributed by atoms with E-state index in [4.69, 9.17) is 0 Å². The van der Waals surface area contributed by atoms with Crippen LogP contribution in [0.3, 0.4) is 0 Å². The summed E-state index contributed by atoms with van der Waals surface area (Å²) in [6.45, 7) is 0. The third-order valence-corrected chi connectivity index (χ3v) is 2.26. The molecule has 0 aromatic heterocycles. The Bertz CT molecular complexity index is 345. The summed E-state index contributed by atoms with van der Waals surface area (Å²) in [5.74, 6) is 0.139. The molecule has 0 aliphatic heterocycles. The zero-order chi connectivity index (χ0) is 10.4. The molecule has 0 saturated heterocycles. The van der Waals surface area contributed by atoms with Crippen LogP contribution in [0.15, 0.2) is 24.3 Å². The van der Waals surface area contributed by atoms with Gasteiger partial charge in [0.1, 0.15) is 5.75 Å². The Labute approximate surface area is 91.4 Å². The molecule has 14 heavy (non-hydrogen) atoms. The number of phenols is 1. The molecule has 0 amide bonds. The zero-order valence-corrected chi connectivity index (χ0v) is 9.20. The maximum atomic E-state index is 10.7. The summed E-state index contributed by atoms with van der Waals surface area (Å²) in [5.41, 5.74) is 1.10. The van der Waals surface area contributed by atoms with Gasteiger partial charge in [0.2, 0.25) is 0 Å². The van der Waals surface area contributed by atoms with Crippen molar-refractivity contribution >= 4 is 28.3 Å². The Morgan fingerprint density at radius 3 is 2.86 bits per heavy atom. The van der Waals surface area contributed by atoms with E-state index in [1.165, 1.54) is 0 Å². The van der Waals surface area contributed by atoms with Crippen molar-refractivity contribution in [3.63, 3.8) is 0 Å². The molecule has 2 nitrogen and oxygen atoms in total. The number of phenolic OH excluding ortho intramolecular Hbond substituents is 1. The number of rotatable bonds is 4. The largest absolute Gasteiger partial charge is 0.507 e. The summed E-state index contributed by atoms with van der Waals surface area (Å²) in [5, 5.41) is 10.4. The van der Waals surface area contributed by atoms with Crippen LogP contribution in [0.1, 0.15) is 22.3 Å². The minimum Gasteiger partial charge on any atom is -0.507 e. The summed E-state index contributed by atoms with van der Waals surface area (Å²) in [4.78, 5) is 10.7. The van der Waals surface area contributed by atoms with E-state index in [1.54, 1.807) is 24.3 Å². The van der Waals surface area contributed by atoms with Gasteiger partial charge in [-0.3, -0.25) is 4.79 Å². The van der Waals surface area contributed by atoms with Gasteiger partial charge in [-0.05, 0) is 12.5 Å². The Hall–Kier alpha value is -1.09. The second-order valence-corrected chi connectivity index (χ2v) is 3.57. The second-order valence-electron chi connectivity index (χ2n) is 2.78. The van der Waals surface area contributed by atoms with Gasteiger partial charge in [-0.1, -0.05) is 40.2 Å². The number of allylic oxidation sites excluding steroid dienone is 1. The Morgan fingerprint density at radius 2 is 2.21 bits per heavy atom. The molecular formula is C11H11BrO2. The minimum atomic E-state index is 0.139. The van der Waals surface area contributed by atoms with Crippen molar-refractivity contribution in [2.75, 3.05) is 5.33 Å². The molecule has 0 spiro atoms. The van der Waals surface area contributed by atoms with E-state index in [-0.39, 0.29) is 5.75 Å². The number of aldehydes is 1. The summed E-state index contributed by atoms with van der Waals surface area (Å²) in [6, 6.07) is 4.90. The van der Waals surface area contributed by atoms with Crippen molar-refractivity contribution in [1.29, 1.82) is 0 Å². The molecule has 0 saturated carbocycles. The summed E-state index contributed by atoms with van der Waals surface area (Å²) < 4.78 is 0. The van der Waals surface area contributed by atoms with Gasteiger partial charge in [0.15, 0.2) is 6.29 Å². The molecule has 0 aliphatic rings. The van der Waals surface area contributed by atoms with Crippen LogP contribution in [0.25, 0.3) is 6.08 Å². The third kappa shape index (κ3) is 2.70. The third-order valence-electron chi connectivity index (χ3n) is 1.80. The fraction of sp³-hybridized carbons (Fsp3) is 0.182. The molecule has 1 N–H and O–H groups in total. The van der Waals surface area contributed by atoms with Crippen LogP contribution in [0, 0.1) is 0 Å². The number of alkyl halides is 1. The number of carbonyl (C=O) groups is 1. The normalized spacial score (nSPS) is 10.6. The van der Waals surface area contributed by atoms with Crippen LogP contribution in [-0.2, 0) is 0 Å². The van der Waals surface area contributed by atoms with Gasteiger partial charge in [0.25, 0.3) is 0 Å². The van der Waals surface area contributed by atoms with E-state index in [0.717, 1.165) is 18.0 Å². The highest BCUT2D eigenvalue weighted by Gasteiger charge is 2.02. The van der Waals surface area contributed by atoms with E-state index >= 15 is 0 Å². The molecule has 0 unspecified atom stereocenters. The molecule has 0 heterocycles. The van der Waals surface area contributed by atoms with E-state index < -0.39 is 0 Å². The van der Waals surface area contributed by atoms with E-state index in [9.17, 15) is 9.90 Å². The summed E-state index contributed by atoms with van der Waals surface area (Å²) in [6.07, 6.45) is 5.29. The highest BCUT2D eigenvalue weighted by atomic mass is 79.9. The quantitative estimate of drug-likeness (QED) is 0.663. The van der Waals surface area contributed by atoms with Crippen molar-refractivity contribution in [2.45, 2.75) is 6.42 Å². The lowest BCUT2D eigenvalue weighted by Crippen LogP contribution is -1.86. The molecule has 0 bridgehead atoms.